The van der Waals surface area contributed by atoms with Crippen LogP contribution in [0.5, 0.6) is 11.5 Å². The van der Waals surface area contributed by atoms with Crippen LogP contribution >= 0.6 is 27.5 Å². The number of carbonyl (C=O) groups is 1. The second-order valence-corrected chi connectivity index (χ2v) is 6.27. The molecule has 1 aliphatic rings. The second-order valence-electron chi connectivity index (χ2n) is 4.95. The highest BCUT2D eigenvalue weighted by Crippen LogP contribution is 2.31. The predicted octanol–water partition coefficient (Wildman–Crippen LogP) is 4.86. The van der Waals surface area contributed by atoms with E-state index in [1.54, 1.807) is 30.3 Å². The molecule has 0 amide bonds. The first-order chi connectivity index (χ1) is 10.5. The number of phenolic OH excluding ortho intramolecular Hbond substituents is 1. The van der Waals surface area contributed by atoms with E-state index in [0.29, 0.717) is 29.9 Å². The lowest BCUT2D eigenvalue weighted by Gasteiger charge is -2.05. The Balaban J connectivity index is 2.00. The Morgan fingerprint density at radius 2 is 2.05 bits per heavy atom. The molecule has 112 valence electrons. The number of Topliss-reactive ketones (excluding diaryl/α,β-unsaturated/α-hetero) is 1. The summed E-state index contributed by atoms with van der Waals surface area (Å²) in [5, 5.41) is 9.72. The molecule has 0 unspecified atom stereocenters. The first-order valence-electron chi connectivity index (χ1n) is 6.71. The number of fused-ring (bicyclic) bond motifs is 1. The molecule has 0 bridgehead atoms. The Hall–Kier alpha value is -1.78. The minimum atomic E-state index is -0.0517. The average molecular weight is 380 g/mol. The van der Waals surface area contributed by atoms with Gasteiger partial charge in [-0.05, 0) is 42.0 Å². The van der Waals surface area contributed by atoms with Gasteiger partial charge >= 0.3 is 0 Å². The Morgan fingerprint density at radius 3 is 2.82 bits per heavy atom. The van der Waals surface area contributed by atoms with Crippen LogP contribution in [0.1, 0.15) is 22.3 Å². The summed E-state index contributed by atoms with van der Waals surface area (Å²) in [5.41, 5.74) is 1.98. The molecule has 0 saturated carbocycles. The second kappa shape index (κ2) is 6.15. The van der Waals surface area contributed by atoms with E-state index in [-0.39, 0.29) is 16.6 Å². The van der Waals surface area contributed by atoms with Crippen molar-refractivity contribution >= 4 is 39.4 Å². The monoisotopic (exact) mass is 378 g/mol. The molecular weight excluding hydrogens is 368 g/mol. The number of ketones is 1. The number of halogens is 2. The maximum atomic E-state index is 12.7. The van der Waals surface area contributed by atoms with Crippen molar-refractivity contribution < 1.29 is 14.6 Å². The molecule has 1 heterocycles. The number of hydrogen-bond acceptors (Lipinski definition) is 3. The molecule has 1 N–H and O–H groups in total. The lowest BCUT2D eigenvalue weighted by atomic mass is 9.99. The van der Waals surface area contributed by atoms with Crippen molar-refractivity contribution in [3.63, 3.8) is 0 Å². The normalized spacial score (nSPS) is 16.1. The molecule has 3 rings (SSSR count). The van der Waals surface area contributed by atoms with Crippen LogP contribution in [-0.4, -0.2) is 17.5 Å². The third kappa shape index (κ3) is 3.03. The van der Waals surface area contributed by atoms with E-state index in [1.165, 1.54) is 6.07 Å². The van der Waals surface area contributed by atoms with Gasteiger partial charge in [0.15, 0.2) is 5.78 Å². The zero-order valence-corrected chi connectivity index (χ0v) is 13.8. The van der Waals surface area contributed by atoms with Crippen LogP contribution in [-0.2, 0) is 0 Å². The van der Waals surface area contributed by atoms with Crippen molar-refractivity contribution in [2.24, 2.45) is 0 Å². The molecular formula is C17H12BrClO3. The van der Waals surface area contributed by atoms with Gasteiger partial charge in [-0.25, -0.2) is 0 Å². The Labute approximate surface area is 141 Å². The number of benzene rings is 2. The maximum absolute atomic E-state index is 12.7. The van der Waals surface area contributed by atoms with E-state index < -0.39 is 0 Å². The Bertz CT molecular complexity index is 783. The molecule has 2 aromatic rings. The number of carbonyl (C=O) groups excluding carboxylic acids is 1. The molecule has 0 atom stereocenters. The molecule has 1 aliphatic heterocycles. The molecule has 5 heteroatoms. The van der Waals surface area contributed by atoms with Gasteiger partial charge in [0.25, 0.3) is 0 Å². The molecule has 0 saturated heterocycles. The summed E-state index contributed by atoms with van der Waals surface area (Å²) in [4.78, 5) is 12.7. The molecule has 2 aromatic carbocycles. The summed E-state index contributed by atoms with van der Waals surface area (Å²) < 4.78 is 6.52. The topological polar surface area (TPSA) is 46.5 Å². The Kier molecular flexibility index (Phi) is 4.23. The van der Waals surface area contributed by atoms with Crippen molar-refractivity contribution in [3.8, 4) is 11.5 Å². The van der Waals surface area contributed by atoms with Gasteiger partial charge in [-0.15, -0.1) is 0 Å². The zero-order valence-electron chi connectivity index (χ0n) is 11.5. The minimum absolute atomic E-state index is 0.0227. The quantitative estimate of drug-likeness (QED) is 0.720. The molecule has 0 radical (unpaired) electrons. The highest BCUT2D eigenvalue weighted by atomic mass is 79.9. The standard InChI is InChI=1S/C17H12BrClO3/c18-12-2-3-13-16(9-12)22-6-5-11(17(13)21)7-10-1-4-15(20)14(19)8-10/h1-4,7-9,20H,5-6H2. The summed E-state index contributed by atoms with van der Waals surface area (Å²) in [6.45, 7) is 0.437. The number of hydrogen-bond donors (Lipinski definition) is 1. The van der Waals surface area contributed by atoms with Crippen molar-refractivity contribution in [2.45, 2.75) is 6.42 Å². The molecule has 3 nitrogen and oxygen atoms in total. The van der Waals surface area contributed by atoms with Crippen molar-refractivity contribution in [2.75, 3.05) is 6.61 Å². The smallest absolute Gasteiger partial charge is 0.192 e. The van der Waals surface area contributed by atoms with E-state index >= 15 is 0 Å². The predicted molar refractivity (Wildman–Crippen MR) is 89.7 cm³/mol. The first-order valence-corrected chi connectivity index (χ1v) is 7.88. The molecule has 0 aromatic heterocycles. The number of aromatic hydroxyl groups is 1. The van der Waals surface area contributed by atoms with E-state index in [4.69, 9.17) is 16.3 Å². The summed E-state index contributed by atoms with van der Waals surface area (Å²) in [6, 6.07) is 10.2. The van der Waals surface area contributed by atoms with Gasteiger partial charge in [-0.2, -0.15) is 0 Å². The maximum Gasteiger partial charge on any atom is 0.192 e. The largest absolute Gasteiger partial charge is 0.506 e. The highest BCUT2D eigenvalue weighted by molar-refractivity contribution is 9.10. The fourth-order valence-corrected chi connectivity index (χ4v) is 2.84. The lowest BCUT2D eigenvalue weighted by molar-refractivity contribution is 0.103. The van der Waals surface area contributed by atoms with E-state index in [2.05, 4.69) is 15.9 Å². The van der Waals surface area contributed by atoms with Crippen LogP contribution in [0.4, 0.5) is 0 Å². The highest BCUT2D eigenvalue weighted by Gasteiger charge is 2.21. The Morgan fingerprint density at radius 1 is 1.23 bits per heavy atom. The van der Waals surface area contributed by atoms with E-state index in [9.17, 15) is 9.90 Å². The van der Waals surface area contributed by atoms with Crippen LogP contribution in [0.25, 0.3) is 6.08 Å². The minimum Gasteiger partial charge on any atom is -0.506 e. The fraction of sp³-hybridized carbons (Fsp3) is 0.118. The lowest BCUT2D eigenvalue weighted by Crippen LogP contribution is -2.02. The van der Waals surface area contributed by atoms with Crippen LogP contribution < -0.4 is 4.74 Å². The third-order valence-corrected chi connectivity index (χ3v) is 4.22. The van der Waals surface area contributed by atoms with Crippen molar-refractivity contribution in [1.29, 1.82) is 0 Å². The van der Waals surface area contributed by atoms with Gasteiger partial charge in [0, 0.05) is 16.5 Å². The van der Waals surface area contributed by atoms with Crippen LogP contribution in [0.2, 0.25) is 5.02 Å². The summed E-state index contributed by atoms with van der Waals surface area (Å²) in [5.74, 6) is 0.560. The molecule has 0 fully saturated rings. The molecule has 0 spiro atoms. The van der Waals surface area contributed by atoms with Gasteiger partial charge in [0.05, 0.1) is 17.2 Å². The zero-order chi connectivity index (χ0) is 15.7. The summed E-state index contributed by atoms with van der Waals surface area (Å²) >= 11 is 9.28. The first kappa shape index (κ1) is 15.1. The number of phenols is 1. The van der Waals surface area contributed by atoms with Gasteiger partial charge in [-0.3, -0.25) is 4.79 Å². The van der Waals surface area contributed by atoms with Crippen LogP contribution in [0.3, 0.4) is 0 Å². The van der Waals surface area contributed by atoms with Gasteiger partial charge in [-0.1, -0.05) is 33.6 Å². The van der Waals surface area contributed by atoms with Gasteiger partial charge in [0.1, 0.15) is 11.5 Å². The van der Waals surface area contributed by atoms with E-state index in [1.807, 2.05) is 6.07 Å². The average Bonchev–Trinajstić information content (AvgIpc) is 2.63. The van der Waals surface area contributed by atoms with Crippen molar-refractivity contribution in [1.82, 2.24) is 0 Å². The third-order valence-electron chi connectivity index (χ3n) is 3.42. The van der Waals surface area contributed by atoms with Gasteiger partial charge < -0.3 is 9.84 Å². The SMILES string of the molecule is O=C1C(=Cc2ccc(O)c(Cl)c2)CCOc2cc(Br)ccc21. The summed E-state index contributed by atoms with van der Waals surface area (Å²) in [7, 11) is 0. The number of ether oxygens (including phenoxy) is 1. The fourth-order valence-electron chi connectivity index (χ4n) is 2.31. The van der Waals surface area contributed by atoms with Gasteiger partial charge in [0.2, 0.25) is 0 Å². The van der Waals surface area contributed by atoms with Crippen LogP contribution in [0, 0.1) is 0 Å². The van der Waals surface area contributed by atoms with E-state index in [0.717, 1.165) is 10.0 Å². The van der Waals surface area contributed by atoms with Crippen molar-refractivity contribution in [3.05, 3.63) is 62.6 Å². The summed E-state index contributed by atoms with van der Waals surface area (Å²) in [6.07, 6.45) is 2.30. The van der Waals surface area contributed by atoms with Crippen LogP contribution in [0.15, 0.2) is 46.4 Å². The number of rotatable bonds is 1. The molecule has 22 heavy (non-hydrogen) atoms. The molecule has 0 aliphatic carbocycles.